The Bertz CT molecular complexity index is 1480. The Labute approximate surface area is 180 Å². The van der Waals surface area contributed by atoms with Crippen molar-refractivity contribution in [1.82, 2.24) is 9.97 Å². The normalized spacial score (nSPS) is 19.3. The molecule has 0 radical (unpaired) electrons. The Balaban J connectivity index is 1.69. The highest BCUT2D eigenvalue weighted by molar-refractivity contribution is 6.64. The molecule has 2 heterocycles. The third-order valence-corrected chi connectivity index (χ3v) is 6.02. The van der Waals surface area contributed by atoms with E-state index in [0.717, 1.165) is 0 Å². The number of fused-ring (bicyclic) bond motifs is 2. The molecule has 8 heteroatoms. The molecule has 32 heavy (non-hydrogen) atoms. The summed E-state index contributed by atoms with van der Waals surface area (Å²) in [6, 6.07) is 13.4. The molecule has 2 aromatic carbocycles. The number of Topliss-reactive ketones (excluding diaryl/α,β-unsaturated/α-hetero) is 4. The fourth-order valence-corrected chi connectivity index (χ4v) is 4.63. The van der Waals surface area contributed by atoms with Gasteiger partial charge in [-0.25, -0.2) is 4.79 Å². The molecule has 0 atom stereocenters. The molecule has 0 amide bonds. The summed E-state index contributed by atoms with van der Waals surface area (Å²) in [5.74, 6) is -8.96. The van der Waals surface area contributed by atoms with Crippen LogP contribution in [0, 0.1) is 6.92 Å². The number of para-hydroxylation sites is 2. The van der Waals surface area contributed by atoms with E-state index in [1.54, 1.807) is 55.5 Å². The van der Waals surface area contributed by atoms with Gasteiger partial charge in [0, 0.05) is 33.1 Å². The van der Waals surface area contributed by atoms with Gasteiger partial charge in [-0.3, -0.25) is 19.2 Å². The average molecular weight is 428 g/mol. The maximum atomic E-state index is 13.2. The number of carbonyl (C=O) groups excluding carboxylic acids is 4. The number of H-pyrrole nitrogens is 2. The van der Waals surface area contributed by atoms with Crippen molar-refractivity contribution >= 4 is 50.9 Å². The van der Waals surface area contributed by atoms with Crippen molar-refractivity contribution in [1.29, 1.82) is 0 Å². The molecule has 0 unspecified atom stereocenters. The monoisotopic (exact) mass is 428 g/mol. The fraction of sp³-hybridized carbons (Fsp3) is 0.125. The van der Waals surface area contributed by atoms with Crippen LogP contribution in [0.2, 0.25) is 0 Å². The first kappa shape index (κ1) is 19.6. The summed E-state index contributed by atoms with van der Waals surface area (Å²) in [6.45, 7) is 1.67. The third kappa shape index (κ3) is 2.59. The van der Waals surface area contributed by atoms with Crippen molar-refractivity contribution in [3.8, 4) is 0 Å². The summed E-state index contributed by atoms with van der Waals surface area (Å²) in [5, 5.41) is 10.5. The third-order valence-electron chi connectivity index (χ3n) is 6.02. The Hall–Kier alpha value is -4.33. The summed E-state index contributed by atoms with van der Waals surface area (Å²) in [4.78, 5) is 70.4. The predicted molar refractivity (Wildman–Crippen MR) is 114 cm³/mol. The lowest BCUT2D eigenvalue weighted by molar-refractivity contribution is -0.150. The van der Waals surface area contributed by atoms with Crippen LogP contribution in [0.3, 0.4) is 0 Å². The quantitative estimate of drug-likeness (QED) is 0.339. The van der Waals surface area contributed by atoms with Gasteiger partial charge in [-0.2, -0.15) is 0 Å². The van der Waals surface area contributed by atoms with Crippen LogP contribution in [-0.4, -0.2) is 44.2 Å². The second kappa shape index (κ2) is 6.84. The molecule has 0 aliphatic heterocycles. The summed E-state index contributed by atoms with van der Waals surface area (Å²) < 4.78 is 0. The molecule has 5 rings (SSSR count). The van der Waals surface area contributed by atoms with E-state index in [2.05, 4.69) is 9.97 Å². The lowest BCUT2D eigenvalue weighted by Crippen LogP contribution is -2.46. The second-order valence-electron chi connectivity index (χ2n) is 7.80. The van der Waals surface area contributed by atoms with Crippen molar-refractivity contribution in [3.63, 3.8) is 0 Å². The summed E-state index contributed by atoms with van der Waals surface area (Å²) in [5.41, 5.74) is 1.32. The number of benzene rings is 2. The van der Waals surface area contributed by atoms with Crippen LogP contribution in [0.15, 0.2) is 48.5 Å². The van der Waals surface area contributed by atoms with E-state index in [1.807, 2.05) is 0 Å². The lowest BCUT2D eigenvalue weighted by atomic mass is 9.71. The van der Waals surface area contributed by atoms with E-state index < -0.39 is 40.9 Å². The number of aromatic nitrogens is 2. The average Bonchev–Trinajstić information content (AvgIpc) is 3.31. The number of carbonyl (C=O) groups is 5. The largest absolute Gasteiger partial charge is 0.477 e. The van der Waals surface area contributed by atoms with Crippen LogP contribution in [0.4, 0.5) is 0 Å². The van der Waals surface area contributed by atoms with Gasteiger partial charge in [0.25, 0.3) is 0 Å². The Morgan fingerprint density at radius 2 is 1.16 bits per heavy atom. The van der Waals surface area contributed by atoms with Gasteiger partial charge in [0.2, 0.25) is 23.1 Å². The number of rotatable bonds is 3. The topological polar surface area (TPSA) is 137 Å². The standard InChI is InChI=1S/C24H16N2O6/c1-10-15(11-6-2-4-8-13(11)25-10)17-20(27)22(29)18(23(30)21(17)28)16-12-7-3-5-9-14(12)26-19(16)24(31)32/h2-9,17-18,25-26H,1H3,(H,31,32). The molecule has 2 aromatic heterocycles. The first-order valence-corrected chi connectivity index (χ1v) is 9.88. The smallest absolute Gasteiger partial charge is 0.352 e. The van der Waals surface area contributed by atoms with E-state index in [4.69, 9.17) is 0 Å². The second-order valence-corrected chi connectivity index (χ2v) is 7.80. The molecule has 1 saturated carbocycles. The van der Waals surface area contributed by atoms with Gasteiger partial charge in [0.15, 0.2) is 0 Å². The molecule has 1 aliphatic rings. The van der Waals surface area contributed by atoms with Crippen LogP contribution in [0.5, 0.6) is 0 Å². The van der Waals surface area contributed by atoms with Crippen LogP contribution >= 0.6 is 0 Å². The first-order chi connectivity index (χ1) is 15.3. The van der Waals surface area contributed by atoms with Crippen LogP contribution in [0.1, 0.15) is 39.1 Å². The zero-order valence-electron chi connectivity index (χ0n) is 16.8. The van der Waals surface area contributed by atoms with E-state index >= 15 is 0 Å². The zero-order chi connectivity index (χ0) is 22.7. The van der Waals surface area contributed by atoms with Gasteiger partial charge in [0.05, 0.1) is 0 Å². The number of carboxylic acid groups (broad SMARTS) is 1. The number of aromatic amines is 2. The van der Waals surface area contributed by atoms with Gasteiger partial charge < -0.3 is 15.1 Å². The predicted octanol–water partition coefficient (Wildman–Crippen LogP) is 2.81. The number of hydrogen-bond donors (Lipinski definition) is 3. The summed E-state index contributed by atoms with van der Waals surface area (Å²) in [7, 11) is 0. The van der Waals surface area contributed by atoms with Crippen molar-refractivity contribution in [2.45, 2.75) is 18.8 Å². The van der Waals surface area contributed by atoms with Gasteiger partial charge >= 0.3 is 5.97 Å². The highest BCUT2D eigenvalue weighted by atomic mass is 16.4. The number of aryl methyl sites for hydroxylation is 1. The van der Waals surface area contributed by atoms with E-state index in [0.29, 0.717) is 33.1 Å². The molecule has 4 aromatic rings. The number of ketones is 4. The first-order valence-electron chi connectivity index (χ1n) is 9.88. The molecule has 1 fully saturated rings. The van der Waals surface area contributed by atoms with E-state index in [1.165, 1.54) is 0 Å². The van der Waals surface area contributed by atoms with Crippen LogP contribution < -0.4 is 0 Å². The molecule has 8 nitrogen and oxygen atoms in total. The van der Waals surface area contributed by atoms with E-state index in [-0.39, 0.29) is 11.3 Å². The van der Waals surface area contributed by atoms with Crippen molar-refractivity contribution < 1.29 is 29.1 Å². The fourth-order valence-electron chi connectivity index (χ4n) is 4.63. The maximum Gasteiger partial charge on any atom is 0.352 e. The van der Waals surface area contributed by atoms with Crippen molar-refractivity contribution in [2.24, 2.45) is 0 Å². The zero-order valence-corrected chi connectivity index (χ0v) is 16.8. The molecule has 0 saturated heterocycles. The highest BCUT2D eigenvalue weighted by Crippen LogP contribution is 2.39. The minimum Gasteiger partial charge on any atom is -0.477 e. The number of nitrogens with one attached hydrogen (secondary N) is 2. The molecule has 3 N–H and O–H groups in total. The van der Waals surface area contributed by atoms with Gasteiger partial charge in [-0.15, -0.1) is 0 Å². The van der Waals surface area contributed by atoms with Gasteiger partial charge in [0.1, 0.15) is 17.5 Å². The van der Waals surface area contributed by atoms with Crippen LogP contribution in [0.25, 0.3) is 21.8 Å². The molecule has 0 spiro atoms. The summed E-state index contributed by atoms with van der Waals surface area (Å²) >= 11 is 0. The van der Waals surface area contributed by atoms with Crippen molar-refractivity contribution in [3.05, 3.63) is 71.0 Å². The lowest BCUT2D eigenvalue weighted by Gasteiger charge is -2.24. The van der Waals surface area contributed by atoms with Gasteiger partial charge in [-0.05, 0) is 24.6 Å². The Morgan fingerprint density at radius 1 is 0.719 bits per heavy atom. The Kier molecular flexibility index (Phi) is 4.20. The molecular weight excluding hydrogens is 412 g/mol. The molecule has 1 aliphatic carbocycles. The number of aromatic carboxylic acids is 1. The highest BCUT2D eigenvalue weighted by Gasteiger charge is 2.52. The number of hydrogen-bond acceptors (Lipinski definition) is 5. The number of carboxylic acids is 1. The Morgan fingerprint density at radius 3 is 1.69 bits per heavy atom. The molecule has 0 bridgehead atoms. The maximum absolute atomic E-state index is 13.2. The van der Waals surface area contributed by atoms with E-state index in [9.17, 15) is 29.1 Å². The minimum atomic E-state index is -1.79. The molecule has 158 valence electrons. The van der Waals surface area contributed by atoms with Crippen molar-refractivity contribution in [2.75, 3.05) is 0 Å². The molecular formula is C24H16N2O6. The van der Waals surface area contributed by atoms with Gasteiger partial charge in [-0.1, -0.05) is 36.4 Å². The SMILES string of the molecule is Cc1[nH]c2ccccc2c1C1C(=O)C(=O)C(c2c(C(=O)O)[nH]c3ccccc23)C(=O)C1=O. The summed E-state index contributed by atoms with van der Waals surface area (Å²) in [6.07, 6.45) is 0. The van der Waals surface area contributed by atoms with Crippen LogP contribution in [-0.2, 0) is 19.2 Å². The minimum absolute atomic E-state index is 0.154.